The number of benzene rings is 1. The Labute approximate surface area is 114 Å². The lowest BCUT2D eigenvalue weighted by Gasteiger charge is -2.27. The predicted molar refractivity (Wildman–Crippen MR) is 78.4 cm³/mol. The lowest BCUT2D eigenvalue weighted by atomic mass is 9.91. The second-order valence-corrected chi connectivity index (χ2v) is 5.52. The van der Waals surface area contributed by atoms with E-state index in [1.807, 2.05) is 0 Å². The Kier molecular flexibility index (Phi) is 3.58. The third-order valence-corrected chi connectivity index (χ3v) is 4.28. The highest BCUT2D eigenvalue weighted by atomic mass is 16.3. The van der Waals surface area contributed by atoms with Crippen LogP contribution >= 0.6 is 0 Å². The van der Waals surface area contributed by atoms with Crippen molar-refractivity contribution in [2.45, 2.75) is 44.7 Å². The number of aryl methyl sites for hydroxylation is 1. The van der Waals surface area contributed by atoms with Crippen LogP contribution in [0.3, 0.4) is 0 Å². The average molecular weight is 258 g/mol. The van der Waals surface area contributed by atoms with Gasteiger partial charge in [0.1, 0.15) is 0 Å². The monoisotopic (exact) mass is 258 g/mol. The minimum atomic E-state index is 0.230. The Bertz CT molecular complexity index is 557. The van der Waals surface area contributed by atoms with Crippen molar-refractivity contribution in [3.63, 3.8) is 0 Å². The molecule has 2 aromatic rings. The van der Waals surface area contributed by atoms with Gasteiger partial charge in [-0.3, -0.25) is 0 Å². The van der Waals surface area contributed by atoms with Crippen LogP contribution in [0.2, 0.25) is 0 Å². The summed E-state index contributed by atoms with van der Waals surface area (Å²) in [5.74, 6) is 0. The molecular weight excluding hydrogens is 236 g/mol. The molecule has 1 aliphatic rings. The Morgan fingerprint density at radius 2 is 2.26 bits per heavy atom. The molecule has 3 N–H and O–H groups in total. The van der Waals surface area contributed by atoms with E-state index in [4.69, 9.17) is 0 Å². The molecule has 1 heterocycles. The van der Waals surface area contributed by atoms with E-state index in [0.717, 1.165) is 25.7 Å². The van der Waals surface area contributed by atoms with E-state index in [1.165, 1.54) is 22.2 Å². The fraction of sp³-hybridized carbons (Fsp3) is 0.500. The van der Waals surface area contributed by atoms with Crippen LogP contribution in [0.25, 0.3) is 10.9 Å². The fourth-order valence-corrected chi connectivity index (χ4v) is 3.14. The summed E-state index contributed by atoms with van der Waals surface area (Å²) < 4.78 is 0. The highest BCUT2D eigenvalue weighted by Gasteiger charge is 2.23. The molecule has 0 spiro atoms. The lowest BCUT2D eigenvalue weighted by molar-refractivity contribution is 0.223. The average Bonchev–Trinajstić information content (AvgIpc) is 2.82. The van der Waals surface area contributed by atoms with Gasteiger partial charge in [0.15, 0.2) is 0 Å². The van der Waals surface area contributed by atoms with Crippen LogP contribution in [0.4, 0.5) is 0 Å². The molecule has 0 bridgehead atoms. The summed E-state index contributed by atoms with van der Waals surface area (Å²) in [7, 11) is 0. The number of aliphatic hydroxyl groups excluding tert-OH is 1. The van der Waals surface area contributed by atoms with Crippen molar-refractivity contribution < 1.29 is 5.11 Å². The first kappa shape index (κ1) is 12.7. The van der Waals surface area contributed by atoms with Crippen LogP contribution < -0.4 is 5.32 Å². The first-order valence-electron chi connectivity index (χ1n) is 7.27. The Balaban J connectivity index is 1.82. The maximum atomic E-state index is 9.32. The molecule has 3 rings (SSSR count). The van der Waals surface area contributed by atoms with Crippen molar-refractivity contribution in [3.8, 4) is 0 Å². The molecule has 19 heavy (non-hydrogen) atoms. The molecule has 0 saturated carbocycles. The Morgan fingerprint density at radius 3 is 3.05 bits per heavy atom. The summed E-state index contributed by atoms with van der Waals surface area (Å²) in [6.45, 7) is 2.35. The van der Waals surface area contributed by atoms with Crippen LogP contribution in [0.5, 0.6) is 0 Å². The first-order valence-corrected chi connectivity index (χ1v) is 7.27. The minimum absolute atomic E-state index is 0.230. The molecule has 1 aromatic heterocycles. The highest BCUT2D eigenvalue weighted by molar-refractivity contribution is 5.84. The Hall–Kier alpha value is -1.32. The maximum Gasteiger partial charge on any atom is 0.0584 e. The van der Waals surface area contributed by atoms with Crippen LogP contribution in [0, 0.1) is 0 Å². The third-order valence-electron chi connectivity index (χ3n) is 4.28. The predicted octanol–water partition coefficient (Wildman–Crippen LogP) is 2.39. The smallest absolute Gasteiger partial charge is 0.0584 e. The summed E-state index contributed by atoms with van der Waals surface area (Å²) in [6, 6.07) is 9.27. The largest absolute Gasteiger partial charge is 0.395 e. The van der Waals surface area contributed by atoms with Gasteiger partial charge in [0, 0.05) is 28.7 Å². The number of hydrogen-bond acceptors (Lipinski definition) is 2. The number of H-pyrrole nitrogens is 1. The van der Waals surface area contributed by atoms with Crippen molar-refractivity contribution in [3.05, 3.63) is 35.5 Å². The topological polar surface area (TPSA) is 48.0 Å². The van der Waals surface area contributed by atoms with Crippen LogP contribution in [0.15, 0.2) is 24.3 Å². The highest BCUT2D eigenvalue weighted by Crippen LogP contribution is 2.29. The van der Waals surface area contributed by atoms with Gasteiger partial charge in [-0.25, -0.2) is 0 Å². The van der Waals surface area contributed by atoms with Crippen molar-refractivity contribution in [2.24, 2.45) is 0 Å². The van der Waals surface area contributed by atoms with E-state index in [9.17, 15) is 5.11 Å². The van der Waals surface area contributed by atoms with Crippen LogP contribution in [-0.2, 0) is 12.8 Å². The number of fused-ring (bicyclic) bond motifs is 3. The standard InChI is InChI=1S/C16H22N2O/c1-2-11(10-19)17-12-7-8-16-14(9-12)13-5-3-4-6-15(13)18-16/h3-6,11-12,17-19H,2,7-10H2,1H3. The van der Waals surface area contributed by atoms with Crippen LogP contribution in [-0.4, -0.2) is 28.8 Å². The molecule has 0 radical (unpaired) electrons. The van der Waals surface area contributed by atoms with Crippen molar-refractivity contribution in [2.75, 3.05) is 6.61 Å². The Morgan fingerprint density at radius 1 is 1.42 bits per heavy atom. The zero-order chi connectivity index (χ0) is 13.2. The number of aliphatic hydroxyl groups is 1. The summed E-state index contributed by atoms with van der Waals surface area (Å²) >= 11 is 0. The molecule has 0 amide bonds. The van der Waals surface area contributed by atoms with Crippen molar-refractivity contribution in [1.82, 2.24) is 10.3 Å². The molecule has 0 aliphatic heterocycles. The second-order valence-electron chi connectivity index (χ2n) is 5.52. The number of aromatic nitrogens is 1. The quantitative estimate of drug-likeness (QED) is 0.788. The lowest BCUT2D eigenvalue weighted by Crippen LogP contribution is -2.43. The molecule has 0 saturated heterocycles. The molecule has 0 fully saturated rings. The number of para-hydroxylation sites is 1. The number of aromatic amines is 1. The number of rotatable bonds is 4. The van der Waals surface area contributed by atoms with Crippen LogP contribution in [0.1, 0.15) is 31.0 Å². The van der Waals surface area contributed by atoms with Crippen molar-refractivity contribution >= 4 is 10.9 Å². The normalized spacial score (nSPS) is 20.4. The zero-order valence-electron chi connectivity index (χ0n) is 11.4. The van der Waals surface area contributed by atoms with E-state index in [-0.39, 0.29) is 12.6 Å². The van der Waals surface area contributed by atoms with Gasteiger partial charge >= 0.3 is 0 Å². The molecule has 102 valence electrons. The van der Waals surface area contributed by atoms with E-state index >= 15 is 0 Å². The molecule has 2 unspecified atom stereocenters. The van der Waals surface area contributed by atoms with E-state index in [1.54, 1.807) is 0 Å². The van der Waals surface area contributed by atoms with Gasteiger partial charge in [-0.05, 0) is 37.3 Å². The molecule has 2 atom stereocenters. The SMILES string of the molecule is CCC(CO)NC1CCc2[nH]c3ccccc3c2C1. The van der Waals surface area contributed by atoms with Gasteiger partial charge < -0.3 is 15.4 Å². The third kappa shape index (κ3) is 2.40. The van der Waals surface area contributed by atoms with Gasteiger partial charge in [-0.2, -0.15) is 0 Å². The van der Waals surface area contributed by atoms with Gasteiger partial charge in [0.05, 0.1) is 6.61 Å². The van der Waals surface area contributed by atoms with Gasteiger partial charge in [-0.15, -0.1) is 0 Å². The van der Waals surface area contributed by atoms with Gasteiger partial charge in [0.2, 0.25) is 0 Å². The van der Waals surface area contributed by atoms with Gasteiger partial charge in [0.25, 0.3) is 0 Å². The summed E-state index contributed by atoms with van der Waals surface area (Å²) in [5.41, 5.74) is 4.12. The maximum absolute atomic E-state index is 9.32. The molecule has 1 aliphatic carbocycles. The number of hydrogen-bond donors (Lipinski definition) is 3. The first-order chi connectivity index (χ1) is 9.31. The van der Waals surface area contributed by atoms with Gasteiger partial charge in [-0.1, -0.05) is 25.1 Å². The van der Waals surface area contributed by atoms with E-state index in [2.05, 4.69) is 41.5 Å². The summed E-state index contributed by atoms with van der Waals surface area (Å²) in [6.07, 6.45) is 4.30. The molecule has 3 heteroatoms. The van der Waals surface area contributed by atoms with E-state index in [0.29, 0.717) is 6.04 Å². The number of nitrogens with one attached hydrogen (secondary N) is 2. The van der Waals surface area contributed by atoms with E-state index < -0.39 is 0 Å². The minimum Gasteiger partial charge on any atom is -0.395 e. The summed E-state index contributed by atoms with van der Waals surface area (Å²) in [4.78, 5) is 3.54. The molecular formula is C16H22N2O. The summed E-state index contributed by atoms with van der Waals surface area (Å²) in [5, 5.41) is 14.3. The second kappa shape index (κ2) is 5.35. The fourth-order valence-electron chi connectivity index (χ4n) is 3.14. The van der Waals surface area contributed by atoms with Crippen molar-refractivity contribution in [1.29, 1.82) is 0 Å². The molecule has 1 aromatic carbocycles. The zero-order valence-corrected chi connectivity index (χ0v) is 11.4. The molecule has 3 nitrogen and oxygen atoms in total.